The Morgan fingerprint density at radius 2 is 2.26 bits per heavy atom. The molecular formula is C18H23N3O2. The number of anilines is 1. The number of carbonyl (C=O) groups excluding carboxylic acids is 1. The van der Waals surface area contributed by atoms with Crippen LogP contribution in [0.2, 0.25) is 0 Å². The molecule has 1 amide bonds. The van der Waals surface area contributed by atoms with Crippen molar-refractivity contribution in [2.24, 2.45) is 0 Å². The maximum atomic E-state index is 11.7. The lowest BCUT2D eigenvalue weighted by Crippen LogP contribution is -2.29. The fraction of sp³-hybridized carbons (Fsp3) is 0.389. The summed E-state index contributed by atoms with van der Waals surface area (Å²) >= 11 is 0. The van der Waals surface area contributed by atoms with Crippen LogP contribution in [-0.4, -0.2) is 42.7 Å². The Balaban J connectivity index is 1.79. The molecule has 0 bridgehead atoms. The van der Waals surface area contributed by atoms with E-state index in [2.05, 4.69) is 35.0 Å². The first-order chi connectivity index (χ1) is 11.2. The lowest BCUT2D eigenvalue weighted by Gasteiger charge is -2.28. The lowest BCUT2D eigenvalue weighted by atomic mass is 9.89. The number of carbonyl (C=O) groups is 1. The second kappa shape index (κ2) is 6.87. The van der Waals surface area contributed by atoms with E-state index < -0.39 is 6.09 Å². The third kappa shape index (κ3) is 3.56. The Labute approximate surface area is 136 Å². The van der Waals surface area contributed by atoms with Crippen molar-refractivity contribution < 1.29 is 9.53 Å². The van der Waals surface area contributed by atoms with E-state index in [1.54, 1.807) is 6.08 Å². The maximum absolute atomic E-state index is 11.7. The molecule has 0 spiro atoms. The number of amides is 1. The zero-order valence-electron chi connectivity index (χ0n) is 13.5. The highest BCUT2D eigenvalue weighted by Gasteiger charge is 2.21. The van der Waals surface area contributed by atoms with Crippen LogP contribution in [0.15, 0.2) is 37.1 Å². The Morgan fingerprint density at radius 1 is 1.48 bits per heavy atom. The van der Waals surface area contributed by atoms with Crippen LogP contribution in [-0.2, 0) is 4.74 Å². The van der Waals surface area contributed by atoms with Crippen LogP contribution in [0.25, 0.3) is 10.9 Å². The quantitative estimate of drug-likeness (QED) is 0.846. The normalized spacial score (nSPS) is 16.4. The number of aromatic nitrogens is 1. The summed E-state index contributed by atoms with van der Waals surface area (Å²) in [4.78, 5) is 17.4. The fourth-order valence-electron chi connectivity index (χ4n) is 3.17. The molecule has 5 heteroatoms. The maximum Gasteiger partial charge on any atom is 0.411 e. The minimum atomic E-state index is -0.458. The van der Waals surface area contributed by atoms with Crippen LogP contribution in [0.4, 0.5) is 10.5 Å². The van der Waals surface area contributed by atoms with Crippen molar-refractivity contribution in [2.75, 3.05) is 32.1 Å². The summed E-state index contributed by atoms with van der Waals surface area (Å²) in [5.41, 5.74) is 3.19. The average molecular weight is 313 g/mol. The number of H-pyrrole nitrogens is 1. The number of hydrogen-bond acceptors (Lipinski definition) is 3. The highest BCUT2D eigenvalue weighted by Crippen LogP contribution is 2.34. The number of ether oxygens (including phenoxy) is 1. The van der Waals surface area contributed by atoms with Gasteiger partial charge in [0.25, 0.3) is 0 Å². The molecule has 0 atom stereocenters. The van der Waals surface area contributed by atoms with E-state index in [4.69, 9.17) is 4.74 Å². The molecule has 0 unspecified atom stereocenters. The van der Waals surface area contributed by atoms with Crippen LogP contribution in [0, 0.1) is 0 Å². The number of hydrogen-bond donors (Lipinski definition) is 2. The number of piperidine rings is 1. The molecule has 0 aliphatic carbocycles. The number of nitrogens with zero attached hydrogens (tertiary/aromatic N) is 1. The molecule has 3 rings (SSSR count). The summed E-state index contributed by atoms with van der Waals surface area (Å²) < 4.78 is 4.97. The van der Waals surface area contributed by atoms with Crippen molar-refractivity contribution in [3.05, 3.63) is 42.6 Å². The van der Waals surface area contributed by atoms with Gasteiger partial charge in [0, 0.05) is 22.8 Å². The van der Waals surface area contributed by atoms with Crippen molar-refractivity contribution in [3.63, 3.8) is 0 Å². The molecule has 1 fully saturated rings. The summed E-state index contributed by atoms with van der Waals surface area (Å²) in [7, 11) is 2.17. The molecule has 1 aromatic carbocycles. The highest BCUT2D eigenvalue weighted by molar-refractivity contribution is 5.91. The van der Waals surface area contributed by atoms with Crippen LogP contribution >= 0.6 is 0 Å². The summed E-state index contributed by atoms with van der Waals surface area (Å²) in [6.45, 7) is 5.99. The van der Waals surface area contributed by atoms with Gasteiger partial charge in [0.2, 0.25) is 0 Å². The summed E-state index contributed by atoms with van der Waals surface area (Å²) in [5, 5.41) is 3.95. The largest absolute Gasteiger partial charge is 0.445 e. The molecule has 1 aromatic heterocycles. The van der Waals surface area contributed by atoms with Crippen LogP contribution in [0.5, 0.6) is 0 Å². The van der Waals surface area contributed by atoms with Gasteiger partial charge in [-0.15, -0.1) is 0 Å². The van der Waals surface area contributed by atoms with E-state index in [-0.39, 0.29) is 6.61 Å². The summed E-state index contributed by atoms with van der Waals surface area (Å²) in [6, 6.07) is 5.90. The van der Waals surface area contributed by atoms with Crippen molar-refractivity contribution in [3.8, 4) is 0 Å². The molecule has 2 heterocycles. The molecule has 122 valence electrons. The first-order valence-corrected chi connectivity index (χ1v) is 8.01. The minimum Gasteiger partial charge on any atom is -0.445 e. The van der Waals surface area contributed by atoms with Gasteiger partial charge < -0.3 is 14.6 Å². The van der Waals surface area contributed by atoms with Crippen LogP contribution < -0.4 is 5.32 Å². The third-order valence-electron chi connectivity index (χ3n) is 4.45. The second-order valence-corrected chi connectivity index (χ2v) is 6.09. The molecule has 1 aliphatic rings. The first kappa shape index (κ1) is 15.6. The van der Waals surface area contributed by atoms with E-state index in [0.717, 1.165) is 24.3 Å². The van der Waals surface area contributed by atoms with Gasteiger partial charge in [0.05, 0.1) is 0 Å². The summed E-state index contributed by atoms with van der Waals surface area (Å²) in [5.74, 6) is 0.572. The Hall–Kier alpha value is -2.27. The molecule has 0 radical (unpaired) electrons. The van der Waals surface area contributed by atoms with Gasteiger partial charge in [-0.1, -0.05) is 12.7 Å². The molecule has 0 saturated carbocycles. The van der Waals surface area contributed by atoms with Gasteiger partial charge >= 0.3 is 6.09 Å². The Morgan fingerprint density at radius 3 is 3.00 bits per heavy atom. The molecule has 2 N–H and O–H groups in total. The Kier molecular flexibility index (Phi) is 4.67. The van der Waals surface area contributed by atoms with E-state index >= 15 is 0 Å². The van der Waals surface area contributed by atoms with Crippen molar-refractivity contribution in [1.29, 1.82) is 0 Å². The number of benzene rings is 1. The third-order valence-corrected chi connectivity index (χ3v) is 4.45. The molecule has 1 aliphatic heterocycles. The minimum absolute atomic E-state index is 0.207. The smallest absolute Gasteiger partial charge is 0.411 e. The number of likely N-dealkylation sites (tertiary alicyclic amines) is 1. The average Bonchev–Trinajstić information content (AvgIpc) is 2.97. The topological polar surface area (TPSA) is 57.4 Å². The van der Waals surface area contributed by atoms with Crippen LogP contribution in [0.1, 0.15) is 24.3 Å². The molecule has 2 aromatic rings. The predicted octanol–water partition coefficient (Wildman–Crippen LogP) is 3.71. The van der Waals surface area contributed by atoms with E-state index in [1.807, 2.05) is 18.2 Å². The molecule has 5 nitrogen and oxygen atoms in total. The zero-order valence-corrected chi connectivity index (χ0v) is 13.5. The van der Waals surface area contributed by atoms with Gasteiger partial charge in [0.15, 0.2) is 0 Å². The molecular weight excluding hydrogens is 290 g/mol. The van der Waals surface area contributed by atoms with Gasteiger partial charge in [-0.3, -0.25) is 5.32 Å². The fourth-order valence-corrected chi connectivity index (χ4v) is 3.17. The van der Waals surface area contributed by atoms with E-state index in [1.165, 1.54) is 23.8 Å². The first-order valence-electron chi connectivity index (χ1n) is 8.01. The Bertz CT molecular complexity index is 699. The number of nitrogens with one attached hydrogen (secondary N) is 2. The monoisotopic (exact) mass is 313 g/mol. The van der Waals surface area contributed by atoms with Crippen LogP contribution in [0.3, 0.4) is 0 Å². The molecule has 1 saturated heterocycles. The van der Waals surface area contributed by atoms with Crippen molar-refractivity contribution >= 4 is 22.7 Å². The number of rotatable bonds is 4. The van der Waals surface area contributed by atoms with E-state index in [0.29, 0.717) is 5.92 Å². The zero-order chi connectivity index (χ0) is 16.2. The molecule has 23 heavy (non-hydrogen) atoms. The SMILES string of the molecule is C=CCOC(=O)Nc1ccc2[nH]cc(C3CCN(C)CC3)c2c1. The standard InChI is InChI=1S/C18H23N3O2/c1-3-10-23-18(22)20-14-4-5-17-15(11-14)16(12-19-17)13-6-8-21(2)9-7-13/h3-5,11-13,19H,1,6-10H2,2H3,(H,20,22). The van der Waals surface area contributed by atoms with Gasteiger partial charge in [-0.2, -0.15) is 0 Å². The van der Waals surface area contributed by atoms with Gasteiger partial charge in [-0.25, -0.2) is 4.79 Å². The lowest BCUT2D eigenvalue weighted by molar-refractivity contribution is 0.174. The van der Waals surface area contributed by atoms with Crippen molar-refractivity contribution in [2.45, 2.75) is 18.8 Å². The second-order valence-electron chi connectivity index (χ2n) is 6.09. The van der Waals surface area contributed by atoms with E-state index in [9.17, 15) is 4.79 Å². The number of fused-ring (bicyclic) bond motifs is 1. The number of aromatic amines is 1. The van der Waals surface area contributed by atoms with Gasteiger partial charge in [-0.05, 0) is 62.7 Å². The highest BCUT2D eigenvalue weighted by atomic mass is 16.5. The predicted molar refractivity (Wildman–Crippen MR) is 92.9 cm³/mol. The summed E-state index contributed by atoms with van der Waals surface area (Å²) in [6.07, 6.45) is 5.54. The van der Waals surface area contributed by atoms with Crippen molar-refractivity contribution in [1.82, 2.24) is 9.88 Å². The van der Waals surface area contributed by atoms with Gasteiger partial charge in [0.1, 0.15) is 6.61 Å².